The topological polar surface area (TPSA) is 140 Å². The minimum absolute atomic E-state index is 0.0263. The van der Waals surface area contributed by atoms with Gasteiger partial charge in [0.05, 0.1) is 16.5 Å². The number of benzene rings is 1. The van der Waals surface area contributed by atoms with Gasteiger partial charge < -0.3 is 16.0 Å². The third kappa shape index (κ3) is 3.00. The van der Waals surface area contributed by atoms with E-state index in [4.69, 9.17) is 10.4 Å². The van der Waals surface area contributed by atoms with E-state index in [9.17, 15) is 14.9 Å². The van der Waals surface area contributed by atoms with E-state index >= 15 is 0 Å². The van der Waals surface area contributed by atoms with Crippen molar-refractivity contribution in [2.45, 2.75) is 12.8 Å². The highest BCUT2D eigenvalue weighted by Gasteiger charge is 2.29. The largest absolute Gasteiger partial charge is 0.369 e. The Kier molecular flexibility index (Phi) is 4.56. The number of nitro benzene ring substituents is 1. The molecule has 1 aliphatic heterocycles. The van der Waals surface area contributed by atoms with Crippen LogP contribution in [0.25, 0.3) is 11.0 Å². The van der Waals surface area contributed by atoms with E-state index in [0.29, 0.717) is 30.8 Å². The van der Waals surface area contributed by atoms with Crippen molar-refractivity contribution >= 4 is 28.3 Å². The average Bonchev–Trinajstić information content (AvgIpc) is 3.08. The molecule has 0 saturated carbocycles. The van der Waals surface area contributed by atoms with Crippen LogP contribution in [-0.2, 0) is 4.79 Å². The van der Waals surface area contributed by atoms with E-state index in [2.05, 4.69) is 15.6 Å². The smallest absolute Gasteiger partial charge is 0.300 e. The summed E-state index contributed by atoms with van der Waals surface area (Å²) in [5.74, 6) is -0.183. The Labute approximate surface area is 137 Å². The van der Waals surface area contributed by atoms with Gasteiger partial charge in [-0.15, -0.1) is 0 Å². The highest BCUT2D eigenvalue weighted by Crippen LogP contribution is 2.33. The van der Waals surface area contributed by atoms with Gasteiger partial charge in [-0.2, -0.15) is 0 Å². The second kappa shape index (κ2) is 6.79. The number of fused-ring (bicyclic) bond motifs is 1. The van der Waals surface area contributed by atoms with E-state index in [1.54, 1.807) is 6.07 Å². The summed E-state index contributed by atoms with van der Waals surface area (Å²) in [5, 5.41) is 21.3. The van der Waals surface area contributed by atoms with Crippen molar-refractivity contribution in [1.82, 2.24) is 15.6 Å². The van der Waals surface area contributed by atoms with Gasteiger partial charge in [0.1, 0.15) is 0 Å². The lowest BCUT2D eigenvalue weighted by atomic mass is 9.96. The van der Waals surface area contributed by atoms with Gasteiger partial charge in [-0.25, -0.2) is 4.63 Å². The lowest BCUT2D eigenvalue weighted by Gasteiger charge is -2.33. The molecule has 2 heterocycles. The van der Waals surface area contributed by atoms with Gasteiger partial charge in [-0.1, -0.05) is 0 Å². The Bertz CT molecular complexity index is 761. The number of nitrogens with one attached hydrogen (secondary N) is 1. The summed E-state index contributed by atoms with van der Waals surface area (Å²) in [4.78, 5) is 24.7. The van der Waals surface area contributed by atoms with Gasteiger partial charge in [0, 0.05) is 32.2 Å². The Hall–Kier alpha value is -2.75. The number of nitrogens with two attached hydrogens (primary N) is 1. The molecular weight excluding hydrogens is 316 g/mol. The van der Waals surface area contributed by atoms with Crippen LogP contribution >= 0.6 is 0 Å². The molecule has 128 valence electrons. The summed E-state index contributed by atoms with van der Waals surface area (Å²) in [6.07, 6.45) is 1.63. The zero-order valence-electron chi connectivity index (χ0n) is 13.0. The van der Waals surface area contributed by atoms with Crippen LogP contribution in [0.1, 0.15) is 12.8 Å². The maximum atomic E-state index is 12.2. The minimum atomic E-state index is -0.518. The number of rotatable bonds is 5. The Morgan fingerprint density at radius 1 is 1.46 bits per heavy atom. The lowest BCUT2D eigenvalue weighted by molar-refractivity contribution is -0.383. The zero-order chi connectivity index (χ0) is 17.1. The molecule has 1 saturated heterocycles. The molecule has 1 fully saturated rings. The molecule has 1 unspecified atom stereocenters. The summed E-state index contributed by atoms with van der Waals surface area (Å²) < 4.78 is 4.69. The predicted octanol–water partition coefficient (Wildman–Crippen LogP) is 0.422. The van der Waals surface area contributed by atoms with Crippen molar-refractivity contribution in [3.05, 3.63) is 22.2 Å². The molecule has 1 amide bonds. The van der Waals surface area contributed by atoms with Crippen molar-refractivity contribution < 1.29 is 14.3 Å². The molecule has 10 nitrogen and oxygen atoms in total. The quantitative estimate of drug-likeness (QED) is 0.592. The highest BCUT2D eigenvalue weighted by atomic mass is 16.6. The third-order valence-electron chi connectivity index (χ3n) is 4.15. The van der Waals surface area contributed by atoms with Gasteiger partial charge in [0.2, 0.25) is 11.4 Å². The lowest BCUT2D eigenvalue weighted by Crippen LogP contribution is -2.44. The van der Waals surface area contributed by atoms with E-state index < -0.39 is 4.92 Å². The Morgan fingerprint density at radius 2 is 2.25 bits per heavy atom. The Balaban J connectivity index is 1.85. The highest BCUT2D eigenvalue weighted by molar-refractivity contribution is 5.94. The summed E-state index contributed by atoms with van der Waals surface area (Å²) in [7, 11) is 0. The van der Waals surface area contributed by atoms with Crippen LogP contribution in [0.4, 0.5) is 11.4 Å². The van der Waals surface area contributed by atoms with Gasteiger partial charge >= 0.3 is 5.69 Å². The standard InChI is InChI=1S/C14H18N6O4/c15-5-6-16-14(21)9-2-1-7-19(8-9)10-3-4-11(20(22)23)13-12(10)17-24-18-13/h3-4,9H,1-2,5-8,15H2,(H,16,21). The summed E-state index contributed by atoms with van der Waals surface area (Å²) >= 11 is 0. The van der Waals surface area contributed by atoms with Crippen LogP contribution in [0.3, 0.4) is 0 Å². The van der Waals surface area contributed by atoms with E-state index in [1.807, 2.05) is 4.90 Å². The van der Waals surface area contributed by atoms with Gasteiger partial charge in [0.15, 0.2) is 5.52 Å². The number of nitro groups is 1. The molecule has 1 atom stereocenters. The molecule has 0 bridgehead atoms. The molecular formula is C14H18N6O4. The number of aromatic nitrogens is 2. The maximum Gasteiger partial charge on any atom is 0.300 e. The fourth-order valence-corrected chi connectivity index (χ4v) is 2.99. The predicted molar refractivity (Wildman–Crippen MR) is 85.5 cm³/mol. The van der Waals surface area contributed by atoms with Crippen LogP contribution in [-0.4, -0.2) is 47.3 Å². The summed E-state index contributed by atoms with van der Waals surface area (Å²) in [6.45, 7) is 2.09. The van der Waals surface area contributed by atoms with Crippen molar-refractivity contribution in [2.24, 2.45) is 11.7 Å². The van der Waals surface area contributed by atoms with Crippen molar-refractivity contribution in [2.75, 3.05) is 31.1 Å². The molecule has 1 aromatic heterocycles. The molecule has 24 heavy (non-hydrogen) atoms. The number of hydrogen-bond donors (Lipinski definition) is 2. The number of amides is 1. The first-order valence-corrected chi connectivity index (χ1v) is 7.74. The number of piperidine rings is 1. The first-order chi connectivity index (χ1) is 11.6. The normalized spacial score (nSPS) is 17.9. The Morgan fingerprint density at radius 3 is 3.00 bits per heavy atom. The molecule has 3 N–H and O–H groups in total. The van der Waals surface area contributed by atoms with Crippen LogP contribution < -0.4 is 16.0 Å². The maximum absolute atomic E-state index is 12.2. The van der Waals surface area contributed by atoms with E-state index in [0.717, 1.165) is 19.4 Å². The van der Waals surface area contributed by atoms with Crippen molar-refractivity contribution in [3.8, 4) is 0 Å². The molecule has 1 aromatic carbocycles. The van der Waals surface area contributed by atoms with Crippen LogP contribution in [0.15, 0.2) is 16.8 Å². The molecule has 0 aliphatic carbocycles. The van der Waals surface area contributed by atoms with Crippen LogP contribution in [0, 0.1) is 16.0 Å². The summed E-state index contributed by atoms with van der Waals surface area (Å²) in [5.41, 5.74) is 6.40. The third-order valence-corrected chi connectivity index (χ3v) is 4.15. The number of carbonyl (C=O) groups excluding carboxylic acids is 1. The molecule has 0 radical (unpaired) electrons. The molecule has 3 rings (SSSR count). The zero-order valence-corrected chi connectivity index (χ0v) is 13.0. The monoisotopic (exact) mass is 334 g/mol. The molecule has 0 spiro atoms. The SMILES string of the molecule is NCCNC(=O)C1CCCN(c2ccc([N+](=O)[O-])c3nonc23)C1. The first-order valence-electron chi connectivity index (χ1n) is 7.74. The van der Waals surface area contributed by atoms with Crippen molar-refractivity contribution in [1.29, 1.82) is 0 Å². The number of hydrogen-bond acceptors (Lipinski definition) is 8. The van der Waals surface area contributed by atoms with Crippen molar-refractivity contribution in [3.63, 3.8) is 0 Å². The fraction of sp³-hybridized carbons (Fsp3) is 0.500. The average molecular weight is 334 g/mol. The molecule has 1 aliphatic rings. The van der Waals surface area contributed by atoms with E-state index in [1.165, 1.54) is 6.07 Å². The number of carbonyl (C=O) groups is 1. The molecule has 10 heteroatoms. The van der Waals surface area contributed by atoms with Gasteiger partial charge in [-0.3, -0.25) is 14.9 Å². The number of nitrogens with zero attached hydrogens (tertiary/aromatic N) is 4. The molecule has 2 aromatic rings. The second-order valence-corrected chi connectivity index (χ2v) is 5.69. The van der Waals surface area contributed by atoms with Gasteiger partial charge in [-0.05, 0) is 29.2 Å². The fourth-order valence-electron chi connectivity index (χ4n) is 2.99. The number of anilines is 1. The summed E-state index contributed by atoms with van der Waals surface area (Å²) in [6, 6.07) is 3.02. The number of non-ortho nitro benzene ring substituents is 1. The first kappa shape index (κ1) is 16.1. The van der Waals surface area contributed by atoms with Crippen LogP contribution in [0.2, 0.25) is 0 Å². The second-order valence-electron chi connectivity index (χ2n) is 5.69. The van der Waals surface area contributed by atoms with Crippen LogP contribution in [0.5, 0.6) is 0 Å². The van der Waals surface area contributed by atoms with Gasteiger partial charge in [0.25, 0.3) is 0 Å². The van der Waals surface area contributed by atoms with E-state index in [-0.39, 0.29) is 23.0 Å². The minimum Gasteiger partial charge on any atom is -0.369 e.